The van der Waals surface area contributed by atoms with E-state index in [9.17, 15) is 9.59 Å². The van der Waals surface area contributed by atoms with E-state index in [0.717, 1.165) is 28.1 Å². The summed E-state index contributed by atoms with van der Waals surface area (Å²) >= 11 is 0. The van der Waals surface area contributed by atoms with Crippen molar-refractivity contribution in [2.24, 2.45) is 0 Å². The molecule has 0 atom stereocenters. The lowest BCUT2D eigenvalue weighted by Gasteiger charge is -2.18. The zero-order chi connectivity index (χ0) is 20.1. The molecule has 0 aliphatic rings. The van der Waals surface area contributed by atoms with E-state index in [2.05, 4.69) is 15.3 Å². The topological polar surface area (TPSA) is 75.2 Å². The molecule has 2 amide bonds. The molecule has 2 aromatic heterocycles. The molecule has 6 heteroatoms. The Hall–Kier alpha value is -3.54. The van der Waals surface area contributed by atoms with Gasteiger partial charge in [0.1, 0.15) is 0 Å². The van der Waals surface area contributed by atoms with Crippen molar-refractivity contribution in [3.63, 3.8) is 0 Å². The number of benzene rings is 1. The van der Waals surface area contributed by atoms with Gasteiger partial charge in [-0.05, 0) is 48.4 Å². The zero-order valence-electron chi connectivity index (χ0n) is 16.1. The van der Waals surface area contributed by atoms with Crippen molar-refractivity contribution in [2.45, 2.75) is 20.4 Å². The summed E-state index contributed by atoms with van der Waals surface area (Å²) in [5.74, 6) is -0.201. The molecule has 0 aliphatic carbocycles. The molecule has 3 aromatic rings. The minimum absolute atomic E-state index is 0.0179. The number of hydrogen-bond donors (Lipinski definition) is 1. The van der Waals surface area contributed by atoms with Crippen molar-refractivity contribution < 1.29 is 9.59 Å². The van der Waals surface area contributed by atoms with Gasteiger partial charge in [-0.3, -0.25) is 19.6 Å². The van der Waals surface area contributed by atoms with E-state index < -0.39 is 0 Å². The number of amides is 2. The van der Waals surface area contributed by atoms with E-state index in [1.54, 1.807) is 36.6 Å². The number of carbonyl (C=O) groups is 2. The van der Waals surface area contributed by atoms with Gasteiger partial charge in [0.2, 0.25) is 5.91 Å². The van der Waals surface area contributed by atoms with E-state index in [-0.39, 0.29) is 11.8 Å². The summed E-state index contributed by atoms with van der Waals surface area (Å²) in [6, 6.07) is 13.1. The largest absolute Gasteiger partial charge is 0.348 e. The summed E-state index contributed by atoms with van der Waals surface area (Å²) in [5.41, 5.74) is 4.98. The lowest BCUT2D eigenvalue weighted by atomic mass is 10.1. The molecule has 0 fully saturated rings. The number of nitrogens with zero attached hydrogens (tertiary/aromatic N) is 3. The van der Waals surface area contributed by atoms with Crippen LogP contribution in [0.25, 0.3) is 11.3 Å². The highest BCUT2D eigenvalue weighted by molar-refractivity contribution is 5.94. The van der Waals surface area contributed by atoms with Crippen LogP contribution in [0.5, 0.6) is 0 Å². The minimum Gasteiger partial charge on any atom is -0.348 e. The number of anilines is 1. The Bertz CT molecular complexity index is 985. The third-order valence-electron chi connectivity index (χ3n) is 4.53. The van der Waals surface area contributed by atoms with Crippen LogP contribution in [0.3, 0.4) is 0 Å². The molecule has 0 radical (unpaired) electrons. The summed E-state index contributed by atoms with van der Waals surface area (Å²) in [6.07, 6.45) is 4.98. The first-order valence-corrected chi connectivity index (χ1v) is 8.94. The first-order valence-electron chi connectivity index (χ1n) is 8.94. The molecule has 1 aromatic carbocycles. The smallest absolute Gasteiger partial charge is 0.253 e. The number of nitrogens with one attached hydrogen (secondary N) is 1. The number of rotatable bonds is 5. The first kappa shape index (κ1) is 19.2. The molecule has 2 heterocycles. The maximum atomic E-state index is 12.3. The van der Waals surface area contributed by atoms with Gasteiger partial charge in [0.05, 0.1) is 11.3 Å². The van der Waals surface area contributed by atoms with E-state index in [1.807, 2.05) is 43.3 Å². The van der Waals surface area contributed by atoms with Crippen molar-refractivity contribution in [3.8, 4) is 11.3 Å². The number of carbonyl (C=O) groups excluding carboxylic acids is 2. The van der Waals surface area contributed by atoms with Gasteiger partial charge in [0, 0.05) is 50.4 Å². The Kier molecular flexibility index (Phi) is 5.79. The molecule has 142 valence electrons. The third kappa shape index (κ3) is 4.40. The van der Waals surface area contributed by atoms with Crippen molar-refractivity contribution in [2.75, 3.05) is 11.9 Å². The van der Waals surface area contributed by atoms with Crippen LogP contribution in [0.4, 0.5) is 5.69 Å². The van der Waals surface area contributed by atoms with Crippen LogP contribution >= 0.6 is 0 Å². The van der Waals surface area contributed by atoms with Crippen LogP contribution in [0, 0.1) is 6.92 Å². The second-order valence-electron chi connectivity index (χ2n) is 6.56. The van der Waals surface area contributed by atoms with Crippen LogP contribution in [0.15, 0.2) is 61.1 Å². The van der Waals surface area contributed by atoms with Crippen LogP contribution in [0.2, 0.25) is 0 Å². The van der Waals surface area contributed by atoms with Crippen molar-refractivity contribution in [1.82, 2.24) is 15.3 Å². The number of aromatic nitrogens is 2. The van der Waals surface area contributed by atoms with Gasteiger partial charge in [-0.25, -0.2) is 0 Å². The molecule has 0 unspecified atom stereocenters. The van der Waals surface area contributed by atoms with E-state index in [4.69, 9.17) is 0 Å². The fourth-order valence-electron chi connectivity index (χ4n) is 2.85. The highest BCUT2D eigenvalue weighted by Gasteiger charge is 2.11. The normalized spacial score (nSPS) is 10.4. The Morgan fingerprint density at radius 3 is 2.54 bits per heavy atom. The van der Waals surface area contributed by atoms with Gasteiger partial charge in [0.15, 0.2) is 0 Å². The quantitative estimate of drug-likeness (QED) is 0.743. The van der Waals surface area contributed by atoms with Crippen LogP contribution in [-0.2, 0) is 11.3 Å². The van der Waals surface area contributed by atoms with E-state index in [0.29, 0.717) is 12.1 Å². The molecule has 0 saturated heterocycles. The summed E-state index contributed by atoms with van der Waals surface area (Å²) in [6.45, 7) is 3.91. The van der Waals surface area contributed by atoms with Gasteiger partial charge in [-0.1, -0.05) is 12.1 Å². The number of hydrogen-bond acceptors (Lipinski definition) is 4. The molecule has 0 spiro atoms. The Morgan fingerprint density at radius 1 is 1.11 bits per heavy atom. The molecule has 0 bridgehead atoms. The van der Waals surface area contributed by atoms with Crippen molar-refractivity contribution in [3.05, 3.63) is 77.7 Å². The van der Waals surface area contributed by atoms with Crippen molar-refractivity contribution in [1.29, 1.82) is 0 Å². The second-order valence-corrected chi connectivity index (χ2v) is 6.56. The standard InChI is InChI=1S/C22H22N4O2/c1-15-11-18(7-9-21(15)26(3)16(2)27)20-8-6-19(14-24-20)22(28)25-13-17-5-4-10-23-12-17/h4-12,14H,13H2,1-3H3,(H,25,28). The fourth-order valence-corrected chi connectivity index (χ4v) is 2.85. The van der Waals surface area contributed by atoms with Crippen LogP contribution in [0.1, 0.15) is 28.4 Å². The molecule has 28 heavy (non-hydrogen) atoms. The molecule has 0 aliphatic heterocycles. The SMILES string of the molecule is CC(=O)N(C)c1ccc(-c2ccc(C(=O)NCc3cccnc3)cn2)cc1C. The number of pyridine rings is 2. The Labute approximate surface area is 164 Å². The van der Waals surface area contributed by atoms with Gasteiger partial charge in [-0.15, -0.1) is 0 Å². The highest BCUT2D eigenvalue weighted by Crippen LogP contribution is 2.25. The van der Waals surface area contributed by atoms with Gasteiger partial charge in [0.25, 0.3) is 5.91 Å². The van der Waals surface area contributed by atoms with Gasteiger partial charge in [-0.2, -0.15) is 0 Å². The van der Waals surface area contributed by atoms with E-state index >= 15 is 0 Å². The molecule has 0 saturated carbocycles. The molecule has 3 rings (SSSR count). The molecule has 1 N–H and O–H groups in total. The molecule has 6 nitrogen and oxygen atoms in total. The van der Waals surface area contributed by atoms with Gasteiger partial charge >= 0.3 is 0 Å². The minimum atomic E-state index is -0.183. The van der Waals surface area contributed by atoms with Crippen molar-refractivity contribution >= 4 is 17.5 Å². The summed E-state index contributed by atoms with van der Waals surface area (Å²) in [4.78, 5) is 33.9. The van der Waals surface area contributed by atoms with Crippen LogP contribution < -0.4 is 10.2 Å². The lowest BCUT2D eigenvalue weighted by Crippen LogP contribution is -2.23. The molecular formula is C22H22N4O2. The average Bonchev–Trinajstić information content (AvgIpc) is 2.72. The highest BCUT2D eigenvalue weighted by atomic mass is 16.2. The van der Waals surface area contributed by atoms with E-state index in [1.165, 1.54) is 6.92 Å². The summed E-state index contributed by atoms with van der Waals surface area (Å²) in [7, 11) is 1.75. The maximum absolute atomic E-state index is 12.3. The zero-order valence-corrected chi connectivity index (χ0v) is 16.1. The predicted octanol–water partition coefficient (Wildman–Crippen LogP) is 3.36. The summed E-state index contributed by atoms with van der Waals surface area (Å²) in [5, 5.41) is 2.86. The Balaban J connectivity index is 1.71. The number of aryl methyl sites for hydroxylation is 1. The first-order chi connectivity index (χ1) is 13.5. The van der Waals surface area contributed by atoms with Crippen LogP contribution in [-0.4, -0.2) is 28.8 Å². The predicted molar refractivity (Wildman–Crippen MR) is 109 cm³/mol. The fraction of sp³-hybridized carbons (Fsp3) is 0.182. The average molecular weight is 374 g/mol. The van der Waals surface area contributed by atoms with Gasteiger partial charge < -0.3 is 10.2 Å². The summed E-state index contributed by atoms with van der Waals surface area (Å²) < 4.78 is 0. The second kappa shape index (κ2) is 8.43. The lowest BCUT2D eigenvalue weighted by molar-refractivity contribution is -0.116. The molecular weight excluding hydrogens is 352 g/mol. The monoisotopic (exact) mass is 374 g/mol. The third-order valence-corrected chi connectivity index (χ3v) is 4.53. The Morgan fingerprint density at radius 2 is 1.93 bits per heavy atom. The maximum Gasteiger partial charge on any atom is 0.253 e.